The number of aromatic nitrogens is 6. The molecule has 8 heteroatoms. The largest absolute Gasteiger partial charge is 0.278 e. The van der Waals surface area contributed by atoms with E-state index in [1.54, 1.807) is 11.8 Å². The Morgan fingerprint density at radius 1 is 0.313 bits per heavy atom. The maximum atomic E-state index is 5.32. The van der Waals surface area contributed by atoms with Gasteiger partial charge in [0.15, 0.2) is 11.6 Å². The smallest absolute Gasteiger partial charge is 0.238 e. The first-order valence-corrected chi connectivity index (χ1v) is 23.1. The van der Waals surface area contributed by atoms with Crippen LogP contribution in [0.5, 0.6) is 0 Å². The topological polar surface area (TPSA) is 72.6 Å². The first kappa shape index (κ1) is 38.7. The fourth-order valence-corrected chi connectivity index (χ4v) is 10.4. The molecule has 0 N–H and O–H groups in total. The van der Waals surface area contributed by atoms with E-state index in [1.807, 2.05) is 72.8 Å². The highest BCUT2D eigenvalue weighted by atomic mass is 32.2. The van der Waals surface area contributed by atoms with E-state index >= 15 is 0 Å². The van der Waals surface area contributed by atoms with Gasteiger partial charge in [0.1, 0.15) is 0 Å². The van der Waals surface area contributed by atoms with Crippen LogP contribution in [-0.4, -0.2) is 29.5 Å². The van der Waals surface area contributed by atoms with Gasteiger partial charge in [-0.1, -0.05) is 188 Å². The summed E-state index contributed by atoms with van der Waals surface area (Å²) in [7, 11) is 0. The molecule has 3 aromatic heterocycles. The molecule has 314 valence electrons. The van der Waals surface area contributed by atoms with Crippen molar-refractivity contribution in [2.24, 2.45) is 0 Å². The standard InChI is InChI=1S/C59H37N7S/c1-4-17-38(18-5-1)55-47-26-10-12-27-48(47)60-58(61-55)65-49-28-13-11-25-45(49)46-33-31-43(36-52(46)65)41-23-16-24-42(35-41)44-32-34-51-54(37-44)67-53-30-15-14-29-50(53)66(51)59-63-56(39-19-6-2-7-20-39)62-57(64-59)40-21-8-3-9-22-40/h1-37H. The second-order valence-electron chi connectivity index (χ2n) is 16.5. The Morgan fingerprint density at radius 3 is 1.61 bits per heavy atom. The van der Waals surface area contributed by atoms with Gasteiger partial charge in [0.05, 0.1) is 33.6 Å². The van der Waals surface area contributed by atoms with Gasteiger partial charge in [-0.15, -0.1) is 0 Å². The zero-order chi connectivity index (χ0) is 44.3. The Bertz CT molecular complexity index is 3800. The Kier molecular flexibility index (Phi) is 9.28. The van der Waals surface area contributed by atoms with Crippen molar-refractivity contribution in [2.75, 3.05) is 4.90 Å². The van der Waals surface area contributed by atoms with Crippen LogP contribution >= 0.6 is 11.8 Å². The number of anilines is 3. The summed E-state index contributed by atoms with van der Waals surface area (Å²) >= 11 is 1.77. The van der Waals surface area contributed by atoms with E-state index in [2.05, 4.69) is 161 Å². The van der Waals surface area contributed by atoms with Crippen LogP contribution in [0.3, 0.4) is 0 Å². The van der Waals surface area contributed by atoms with Gasteiger partial charge in [-0.25, -0.2) is 15.0 Å². The lowest BCUT2D eigenvalue weighted by Gasteiger charge is -2.31. The van der Waals surface area contributed by atoms with E-state index in [0.29, 0.717) is 23.5 Å². The molecule has 0 radical (unpaired) electrons. The van der Waals surface area contributed by atoms with Crippen LogP contribution in [0.2, 0.25) is 0 Å². The molecule has 0 saturated heterocycles. The number of hydrogen-bond donors (Lipinski definition) is 0. The molecule has 0 unspecified atom stereocenters. The van der Waals surface area contributed by atoms with E-state index in [-0.39, 0.29) is 0 Å². The van der Waals surface area contributed by atoms with E-state index < -0.39 is 0 Å². The Labute approximate surface area is 390 Å². The zero-order valence-electron chi connectivity index (χ0n) is 35.9. The first-order chi connectivity index (χ1) is 33.2. The highest BCUT2D eigenvalue weighted by Crippen LogP contribution is 2.52. The normalized spacial score (nSPS) is 12.1. The van der Waals surface area contributed by atoms with Crippen molar-refractivity contribution in [1.29, 1.82) is 0 Å². The van der Waals surface area contributed by atoms with Crippen LogP contribution < -0.4 is 4.90 Å². The van der Waals surface area contributed by atoms with E-state index in [1.165, 1.54) is 0 Å². The molecule has 4 heterocycles. The molecule has 12 aromatic rings. The average Bonchev–Trinajstić information content (AvgIpc) is 3.74. The van der Waals surface area contributed by atoms with Crippen molar-refractivity contribution in [3.8, 4) is 62.2 Å². The highest BCUT2D eigenvalue weighted by molar-refractivity contribution is 7.99. The van der Waals surface area contributed by atoms with Gasteiger partial charge in [-0.2, -0.15) is 9.97 Å². The molecule has 0 amide bonds. The predicted molar refractivity (Wildman–Crippen MR) is 273 cm³/mol. The molecule has 0 aliphatic carbocycles. The number of hydrogen-bond acceptors (Lipinski definition) is 7. The molecule has 0 bridgehead atoms. The van der Waals surface area contributed by atoms with Gasteiger partial charge < -0.3 is 0 Å². The molecule has 7 nitrogen and oxygen atoms in total. The molecule has 0 fully saturated rings. The number of rotatable bonds is 7. The lowest BCUT2D eigenvalue weighted by Crippen LogP contribution is -2.18. The van der Waals surface area contributed by atoms with E-state index in [9.17, 15) is 0 Å². The monoisotopic (exact) mass is 875 g/mol. The number of nitrogens with zero attached hydrogens (tertiary/aromatic N) is 7. The highest BCUT2D eigenvalue weighted by Gasteiger charge is 2.28. The van der Waals surface area contributed by atoms with Gasteiger partial charge in [-0.3, -0.25) is 9.47 Å². The summed E-state index contributed by atoms with van der Waals surface area (Å²) in [4.78, 5) is 30.2. The van der Waals surface area contributed by atoms with Crippen molar-refractivity contribution in [2.45, 2.75) is 9.79 Å². The lowest BCUT2D eigenvalue weighted by atomic mass is 9.98. The molecule has 13 rings (SSSR count). The van der Waals surface area contributed by atoms with E-state index in [0.717, 1.165) is 98.5 Å². The fourth-order valence-electron chi connectivity index (χ4n) is 9.27. The summed E-state index contributed by atoms with van der Waals surface area (Å²) in [6.07, 6.45) is 0. The summed E-state index contributed by atoms with van der Waals surface area (Å²) in [5, 5.41) is 3.33. The van der Waals surface area contributed by atoms with Crippen LogP contribution in [0, 0.1) is 0 Å². The van der Waals surface area contributed by atoms with Gasteiger partial charge in [0.25, 0.3) is 0 Å². The summed E-state index contributed by atoms with van der Waals surface area (Å²) in [5.74, 6) is 2.45. The number of para-hydroxylation sites is 3. The van der Waals surface area contributed by atoms with Crippen LogP contribution in [0.25, 0.3) is 94.9 Å². The molecule has 9 aromatic carbocycles. The second kappa shape index (κ2) is 16.1. The summed E-state index contributed by atoms with van der Waals surface area (Å²) in [5.41, 5.74) is 13.3. The maximum Gasteiger partial charge on any atom is 0.238 e. The number of benzene rings is 9. The minimum absolute atomic E-state index is 0.564. The zero-order valence-corrected chi connectivity index (χ0v) is 36.7. The molecule has 0 saturated carbocycles. The van der Waals surface area contributed by atoms with Crippen molar-refractivity contribution < 1.29 is 0 Å². The average molecular weight is 876 g/mol. The van der Waals surface area contributed by atoms with Gasteiger partial charge in [0, 0.05) is 42.6 Å². The third-order valence-electron chi connectivity index (χ3n) is 12.5. The quantitative estimate of drug-likeness (QED) is 0.158. The Morgan fingerprint density at radius 2 is 0.866 bits per heavy atom. The van der Waals surface area contributed by atoms with Crippen molar-refractivity contribution in [1.82, 2.24) is 29.5 Å². The molecule has 1 aliphatic heterocycles. The Hall–Kier alpha value is -8.72. The summed E-state index contributed by atoms with van der Waals surface area (Å²) in [6, 6.07) is 78.2. The molecule has 0 spiro atoms. The van der Waals surface area contributed by atoms with E-state index in [4.69, 9.17) is 24.9 Å². The molecule has 0 atom stereocenters. The van der Waals surface area contributed by atoms with Crippen molar-refractivity contribution in [3.05, 3.63) is 224 Å². The minimum Gasteiger partial charge on any atom is -0.278 e. The molecule has 1 aliphatic rings. The second-order valence-corrected chi connectivity index (χ2v) is 17.6. The van der Waals surface area contributed by atoms with Crippen LogP contribution in [0.1, 0.15) is 0 Å². The lowest BCUT2D eigenvalue weighted by molar-refractivity contribution is 1.00. The molecular weight excluding hydrogens is 839 g/mol. The van der Waals surface area contributed by atoms with Gasteiger partial charge >= 0.3 is 0 Å². The summed E-state index contributed by atoms with van der Waals surface area (Å²) in [6.45, 7) is 0. The predicted octanol–water partition coefficient (Wildman–Crippen LogP) is 15.2. The minimum atomic E-state index is 0.564. The number of fused-ring (bicyclic) bond motifs is 6. The van der Waals surface area contributed by atoms with Crippen molar-refractivity contribution in [3.63, 3.8) is 0 Å². The van der Waals surface area contributed by atoms with Gasteiger partial charge in [0.2, 0.25) is 11.9 Å². The fraction of sp³-hybridized carbons (Fsp3) is 0. The Balaban J connectivity index is 0.917. The summed E-state index contributed by atoms with van der Waals surface area (Å²) < 4.78 is 2.22. The van der Waals surface area contributed by atoms with Gasteiger partial charge in [-0.05, 0) is 70.8 Å². The van der Waals surface area contributed by atoms with Crippen LogP contribution in [0.4, 0.5) is 17.3 Å². The van der Waals surface area contributed by atoms with Crippen LogP contribution in [0.15, 0.2) is 234 Å². The SMILES string of the molecule is c1ccc(-c2nc(-c3ccccc3)nc(N3c4ccccc4Sc4cc(-c5cccc(-c6ccc7c8ccccc8n(-c8nc(-c9ccccc9)c9ccccc9n8)c7c6)c5)ccc43)n2)cc1. The first-order valence-electron chi connectivity index (χ1n) is 22.2. The van der Waals surface area contributed by atoms with Crippen LogP contribution in [-0.2, 0) is 0 Å². The molecule has 67 heavy (non-hydrogen) atoms. The third kappa shape index (κ3) is 6.81. The van der Waals surface area contributed by atoms with Crippen molar-refractivity contribution >= 4 is 61.8 Å². The maximum absolute atomic E-state index is 5.32. The third-order valence-corrected chi connectivity index (χ3v) is 13.6. The molecular formula is C59H37N7S.